The van der Waals surface area contributed by atoms with E-state index in [4.69, 9.17) is 0 Å². The number of hydrogen-bond acceptors (Lipinski definition) is 4. The predicted molar refractivity (Wildman–Crippen MR) is 87.6 cm³/mol. The molecule has 0 bridgehead atoms. The minimum absolute atomic E-state index is 0.0941. The number of aromatic nitrogens is 3. The highest BCUT2D eigenvalue weighted by Crippen LogP contribution is 2.22. The van der Waals surface area contributed by atoms with Crippen molar-refractivity contribution in [1.29, 1.82) is 0 Å². The van der Waals surface area contributed by atoms with E-state index in [0.29, 0.717) is 16.9 Å². The van der Waals surface area contributed by atoms with Crippen LogP contribution in [0.5, 0.6) is 0 Å². The summed E-state index contributed by atoms with van der Waals surface area (Å²) in [5.41, 5.74) is -0.0118. The van der Waals surface area contributed by atoms with E-state index >= 15 is 0 Å². The number of nitrogens with one attached hydrogen (secondary N) is 1. The van der Waals surface area contributed by atoms with Crippen LogP contribution in [-0.4, -0.2) is 25.6 Å². The monoisotopic (exact) mass is 346 g/mol. The lowest BCUT2D eigenvalue weighted by Crippen LogP contribution is -2.16. The number of nitrogens with zero attached hydrogens (tertiary/aromatic N) is 3. The Morgan fingerprint density at radius 1 is 1.28 bits per heavy atom. The van der Waals surface area contributed by atoms with Gasteiger partial charge in [-0.05, 0) is 44.2 Å². The van der Waals surface area contributed by atoms with E-state index in [1.807, 2.05) is 0 Å². The first-order valence-electron chi connectivity index (χ1n) is 7.53. The summed E-state index contributed by atoms with van der Waals surface area (Å²) in [5, 5.41) is 16.9. The Kier molecular flexibility index (Phi) is 4.22. The number of fused-ring (bicyclic) bond motifs is 1. The van der Waals surface area contributed by atoms with Crippen molar-refractivity contribution in [2.45, 2.75) is 25.9 Å². The van der Waals surface area contributed by atoms with E-state index in [0.717, 1.165) is 6.07 Å². The summed E-state index contributed by atoms with van der Waals surface area (Å²) in [4.78, 5) is 15.9. The highest BCUT2D eigenvalue weighted by molar-refractivity contribution is 6.03. The number of alkyl halides is 2. The van der Waals surface area contributed by atoms with Gasteiger partial charge in [-0.25, -0.2) is 18.3 Å². The predicted octanol–water partition coefficient (Wildman–Crippen LogP) is 3.15. The minimum Gasteiger partial charge on any atom is -0.384 e. The summed E-state index contributed by atoms with van der Waals surface area (Å²) in [6.07, 6.45) is -1.11. The van der Waals surface area contributed by atoms with E-state index in [9.17, 15) is 18.7 Å². The average molecular weight is 346 g/mol. The highest BCUT2D eigenvalue weighted by atomic mass is 19.3. The molecule has 0 spiro atoms. The quantitative estimate of drug-likeness (QED) is 0.761. The lowest BCUT2D eigenvalue weighted by atomic mass is 10.1. The maximum atomic E-state index is 12.7. The van der Waals surface area contributed by atoms with Crippen LogP contribution in [0.3, 0.4) is 0 Å². The molecule has 8 heteroatoms. The molecule has 3 rings (SSSR count). The van der Waals surface area contributed by atoms with Gasteiger partial charge in [0, 0.05) is 11.9 Å². The molecule has 3 heterocycles. The molecule has 0 unspecified atom stereocenters. The van der Waals surface area contributed by atoms with Gasteiger partial charge in [0.05, 0.1) is 11.2 Å². The smallest absolute Gasteiger partial charge is 0.280 e. The Hall–Kier alpha value is -2.87. The van der Waals surface area contributed by atoms with Crippen LogP contribution in [-0.2, 0) is 5.60 Å². The third kappa shape index (κ3) is 3.63. The van der Waals surface area contributed by atoms with Crippen molar-refractivity contribution in [3.05, 3.63) is 59.7 Å². The molecule has 0 radical (unpaired) electrons. The summed E-state index contributed by atoms with van der Waals surface area (Å²) in [6.45, 7) is 3.25. The first-order valence-corrected chi connectivity index (χ1v) is 7.53. The molecule has 3 aromatic rings. The molecule has 0 fully saturated rings. The van der Waals surface area contributed by atoms with Crippen LogP contribution in [0.4, 0.5) is 14.5 Å². The molecule has 6 nitrogen and oxygen atoms in total. The summed E-state index contributed by atoms with van der Waals surface area (Å²) in [6, 6.07) is 8.87. The normalized spacial score (nSPS) is 11.9. The Labute approximate surface area is 142 Å². The number of carbonyl (C=O) groups is 1. The van der Waals surface area contributed by atoms with Crippen molar-refractivity contribution in [2.75, 3.05) is 5.32 Å². The Bertz CT molecular complexity index is 932. The number of hydrogen-bond donors (Lipinski definition) is 2. The molecule has 1 amide bonds. The van der Waals surface area contributed by atoms with Gasteiger partial charge in [-0.1, -0.05) is 6.07 Å². The van der Waals surface area contributed by atoms with Crippen molar-refractivity contribution in [1.82, 2.24) is 14.6 Å². The fourth-order valence-corrected chi connectivity index (χ4v) is 2.27. The van der Waals surface area contributed by atoms with Crippen molar-refractivity contribution in [3.63, 3.8) is 0 Å². The maximum absolute atomic E-state index is 12.7. The second-order valence-electron chi connectivity index (χ2n) is 6.08. The lowest BCUT2D eigenvalue weighted by molar-refractivity contribution is 0.0735. The van der Waals surface area contributed by atoms with Crippen molar-refractivity contribution in [3.8, 4) is 0 Å². The second-order valence-corrected chi connectivity index (χ2v) is 6.08. The molecule has 0 aliphatic heterocycles. The van der Waals surface area contributed by atoms with Crippen LogP contribution in [0.15, 0.2) is 42.6 Å². The van der Waals surface area contributed by atoms with E-state index < -0.39 is 23.6 Å². The van der Waals surface area contributed by atoms with E-state index in [1.165, 1.54) is 12.1 Å². The third-order valence-corrected chi connectivity index (χ3v) is 3.57. The van der Waals surface area contributed by atoms with Crippen molar-refractivity contribution < 1.29 is 18.7 Å². The van der Waals surface area contributed by atoms with Gasteiger partial charge in [-0.15, -0.1) is 0 Å². The van der Waals surface area contributed by atoms with Crippen LogP contribution in [0.1, 0.15) is 42.1 Å². The number of halogens is 2. The van der Waals surface area contributed by atoms with Crippen LogP contribution >= 0.6 is 0 Å². The zero-order valence-electron chi connectivity index (χ0n) is 13.6. The van der Waals surface area contributed by atoms with Crippen molar-refractivity contribution >= 4 is 17.1 Å². The summed E-state index contributed by atoms with van der Waals surface area (Å²) in [7, 11) is 0. The first-order chi connectivity index (χ1) is 11.7. The molecule has 130 valence electrons. The van der Waals surface area contributed by atoms with Gasteiger partial charge < -0.3 is 10.4 Å². The van der Waals surface area contributed by atoms with Gasteiger partial charge in [-0.3, -0.25) is 4.79 Å². The number of aliphatic hydroxyl groups is 1. The Balaban J connectivity index is 1.85. The molecule has 2 N–H and O–H groups in total. The van der Waals surface area contributed by atoms with Crippen LogP contribution in [0.2, 0.25) is 0 Å². The Morgan fingerprint density at radius 2 is 2.04 bits per heavy atom. The average Bonchev–Trinajstić information content (AvgIpc) is 2.98. The van der Waals surface area contributed by atoms with E-state index in [1.54, 1.807) is 42.8 Å². The van der Waals surface area contributed by atoms with Crippen LogP contribution in [0.25, 0.3) is 5.52 Å². The largest absolute Gasteiger partial charge is 0.384 e. The van der Waals surface area contributed by atoms with Gasteiger partial charge in [-0.2, -0.15) is 5.10 Å². The van der Waals surface area contributed by atoms with Crippen LogP contribution < -0.4 is 5.32 Å². The summed E-state index contributed by atoms with van der Waals surface area (Å²) >= 11 is 0. The van der Waals surface area contributed by atoms with Gasteiger partial charge in [0.25, 0.3) is 12.3 Å². The fourth-order valence-electron chi connectivity index (χ4n) is 2.27. The maximum Gasteiger partial charge on any atom is 0.280 e. The molecule has 0 saturated heterocycles. The van der Waals surface area contributed by atoms with Crippen molar-refractivity contribution in [2.24, 2.45) is 0 Å². The molecule has 3 aromatic heterocycles. The minimum atomic E-state index is -2.74. The molecule has 0 saturated carbocycles. The Morgan fingerprint density at radius 3 is 2.72 bits per heavy atom. The van der Waals surface area contributed by atoms with E-state index in [2.05, 4.69) is 15.4 Å². The second kappa shape index (κ2) is 6.21. The number of amides is 1. The van der Waals surface area contributed by atoms with Gasteiger partial charge in [0.15, 0.2) is 0 Å². The summed E-state index contributed by atoms with van der Waals surface area (Å²) in [5.74, 6) is -0.589. The topological polar surface area (TPSA) is 79.5 Å². The van der Waals surface area contributed by atoms with Gasteiger partial charge >= 0.3 is 0 Å². The molecule has 0 aliphatic rings. The number of rotatable bonds is 4. The highest BCUT2D eigenvalue weighted by Gasteiger charge is 2.20. The fraction of sp³-hybridized carbons (Fsp3) is 0.235. The van der Waals surface area contributed by atoms with Gasteiger partial charge in [0.1, 0.15) is 17.0 Å². The van der Waals surface area contributed by atoms with E-state index in [-0.39, 0.29) is 5.69 Å². The van der Waals surface area contributed by atoms with Crippen LogP contribution in [0, 0.1) is 0 Å². The number of pyridine rings is 2. The molecule has 25 heavy (non-hydrogen) atoms. The first kappa shape index (κ1) is 17.0. The number of anilines is 1. The summed E-state index contributed by atoms with van der Waals surface area (Å²) < 4.78 is 26.9. The third-order valence-electron chi connectivity index (χ3n) is 3.57. The zero-order valence-corrected chi connectivity index (χ0v) is 13.6. The SMILES string of the molecule is CC(C)(O)c1cc2cc(NC(=O)c3cccc(C(F)F)n3)ccn2n1. The molecule has 0 atom stereocenters. The zero-order chi connectivity index (χ0) is 18.2. The lowest BCUT2D eigenvalue weighted by Gasteiger charge is -2.12. The van der Waals surface area contributed by atoms with Gasteiger partial charge in [0.2, 0.25) is 0 Å². The molecule has 0 aliphatic carbocycles. The molecule has 0 aromatic carbocycles. The standard InChI is InChI=1S/C17H16F2N4O2/c1-17(2,25)14-9-11-8-10(6-7-23(11)22-14)20-16(24)13-5-3-4-12(21-13)15(18)19/h3-9,15,25H,1-2H3,(H,20,24). The number of carbonyl (C=O) groups excluding carboxylic acids is 1. The molecular formula is C17H16F2N4O2. The molecular weight excluding hydrogens is 330 g/mol.